The van der Waals surface area contributed by atoms with Gasteiger partial charge in [-0.3, -0.25) is 4.79 Å². The van der Waals surface area contributed by atoms with E-state index >= 15 is 0 Å². The van der Waals surface area contributed by atoms with Crippen LogP contribution < -0.4 is 5.32 Å². The van der Waals surface area contributed by atoms with Crippen LogP contribution in [0.25, 0.3) is 0 Å². The van der Waals surface area contributed by atoms with Crippen LogP contribution in [0.1, 0.15) is 53.9 Å². The van der Waals surface area contributed by atoms with Gasteiger partial charge in [0.2, 0.25) is 5.91 Å². The van der Waals surface area contributed by atoms with E-state index in [1.165, 1.54) is 0 Å². The lowest BCUT2D eigenvalue weighted by molar-refractivity contribution is -0.147. The Morgan fingerprint density at radius 1 is 1.19 bits per heavy atom. The van der Waals surface area contributed by atoms with Crippen LogP contribution in [-0.4, -0.2) is 22.5 Å². The van der Waals surface area contributed by atoms with E-state index in [4.69, 9.17) is 5.11 Å². The summed E-state index contributed by atoms with van der Waals surface area (Å²) >= 11 is 0. The van der Waals surface area contributed by atoms with E-state index in [1.54, 1.807) is 6.92 Å². The fourth-order valence-electron chi connectivity index (χ4n) is 1.56. The molecule has 0 radical (unpaired) electrons. The molecular formula is C12H23NO3. The maximum Gasteiger partial charge on any atom is 0.329 e. The van der Waals surface area contributed by atoms with Crippen molar-refractivity contribution in [1.82, 2.24) is 5.32 Å². The lowest BCUT2D eigenvalue weighted by atomic mass is 9.90. The van der Waals surface area contributed by atoms with Crippen molar-refractivity contribution in [3.8, 4) is 0 Å². The SMILES string of the molecule is CCC[C@](C)(NC(=O)CC(C)(C)C)C(=O)O. The van der Waals surface area contributed by atoms with Crippen LogP contribution >= 0.6 is 0 Å². The molecule has 0 aromatic rings. The third-order valence-corrected chi connectivity index (χ3v) is 2.33. The summed E-state index contributed by atoms with van der Waals surface area (Å²) < 4.78 is 0. The molecule has 0 aliphatic carbocycles. The van der Waals surface area contributed by atoms with Gasteiger partial charge in [-0.05, 0) is 18.8 Å². The van der Waals surface area contributed by atoms with E-state index in [1.807, 2.05) is 27.7 Å². The highest BCUT2D eigenvalue weighted by atomic mass is 16.4. The Kier molecular flexibility index (Phi) is 4.97. The molecule has 2 N–H and O–H groups in total. The predicted molar refractivity (Wildman–Crippen MR) is 63.2 cm³/mol. The maximum atomic E-state index is 11.7. The van der Waals surface area contributed by atoms with Crippen molar-refractivity contribution in [3.63, 3.8) is 0 Å². The first-order valence-corrected chi connectivity index (χ1v) is 5.65. The molecular weight excluding hydrogens is 206 g/mol. The lowest BCUT2D eigenvalue weighted by Gasteiger charge is -2.27. The van der Waals surface area contributed by atoms with Crippen LogP contribution in [0.3, 0.4) is 0 Å². The minimum absolute atomic E-state index is 0.129. The minimum Gasteiger partial charge on any atom is -0.480 e. The highest BCUT2D eigenvalue weighted by Gasteiger charge is 2.34. The van der Waals surface area contributed by atoms with Crippen molar-refractivity contribution < 1.29 is 14.7 Å². The standard InChI is InChI=1S/C12H23NO3/c1-6-7-12(5,10(15)16)13-9(14)8-11(2,3)4/h6-8H2,1-5H3,(H,13,14)(H,15,16)/t12-/m0/s1. The van der Waals surface area contributed by atoms with Crippen LogP contribution in [0, 0.1) is 5.41 Å². The average Bonchev–Trinajstić information content (AvgIpc) is 1.99. The largest absolute Gasteiger partial charge is 0.480 e. The Labute approximate surface area is 97.4 Å². The number of carboxylic acids is 1. The summed E-state index contributed by atoms with van der Waals surface area (Å²) in [5.74, 6) is -1.18. The predicted octanol–water partition coefficient (Wildman–Crippen LogP) is 2.18. The molecule has 0 heterocycles. The molecule has 0 saturated carbocycles. The molecule has 0 rings (SSSR count). The van der Waals surface area contributed by atoms with Gasteiger partial charge in [0.05, 0.1) is 0 Å². The van der Waals surface area contributed by atoms with Crippen molar-refractivity contribution in [2.24, 2.45) is 5.41 Å². The molecule has 0 aromatic carbocycles. The second-order valence-electron chi connectivity index (χ2n) is 5.67. The molecule has 94 valence electrons. The minimum atomic E-state index is -1.14. The van der Waals surface area contributed by atoms with Crippen LogP contribution in [-0.2, 0) is 9.59 Å². The number of rotatable bonds is 5. The summed E-state index contributed by atoms with van der Waals surface area (Å²) in [5.41, 5.74) is -1.27. The zero-order chi connectivity index (χ0) is 13.0. The highest BCUT2D eigenvalue weighted by molar-refractivity contribution is 5.86. The monoisotopic (exact) mass is 229 g/mol. The van der Waals surface area contributed by atoms with Gasteiger partial charge >= 0.3 is 5.97 Å². The Hall–Kier alpha value is -1.06. The molecule has 0 fully saturated rings. The third-order valence-electron chi connectivity index (χ3n) is 2.33. The Balaban J connectivity index is 4.53. The fraction of sp³-hybridized carbons (Fsp3) is 0.833. The first kappa shape index (κ1) is 14.9. The van der Waals surface area contributed by atoms with Gasteiger partial charge in [-0.15, -0.1) is 0 Å². The van der Waals surface area contributed by atoms with Crippen molar-refractivity contribution in [3.05, 3.63) is 0 Å². The first-order chi connectivity index (χ1) is 7.10. The van der Waals surface area contributed by atoms with Crippen LogP contribution in [0.15, 0.2) is 0 Å². The van der Waals surface area contributed by atoms with Crippen molar-refractivity contribution in [2.75, 3.05) is 0 Å². The lowest BCUT2D eigenvalue weighted by Crippen LogP contribution is -2.52. The van der Waals surface area contributed by atoms with Crippen LogP contribution in [0.5, 0.6) is 0 Å². The number of amides is 1. The maximum absolute atomic E-state index is 11.7. The van der Waals surface area contributed by atoms with Gasteiger partial charge in [-0.2, -0.15) is 0 Å². The normalized spacial score (nSPS) is 15.3. The van der Waals surface area contributed by atoms with Crippen LogP contribution in [0.4, 0.5) is 0 Å². The summed E-state index contributed by atoms with van der Waals surface area (Å²) in [6.45, 7) is 9.30. The number of carbonyl (C=O) groups excluding carboxylic acids is 1. The zero-order valence-electron chi connectivity index (χ0n) is 10.9. The molecule has 1 amide bonds. The summed E-state index contributed by atoms with van der Waals surface area (Å²) in [6, 6.07) is 0. The molecule has 0 unspecified atom stereocenters. The summed E-state index contributed by atoms with van der Waals surface area (Å²) in [7, 11) is 0. The highest BCUT2D eigenvalue weighted by Crippen LogP contribution is 2.20. The van der Waals surface area contributed by atoms with E-state index in [0.29, 0.717) is 12.8 Å². The third kappa shape index (κ3) is 5.14. The van der Waals surface area contributed by atoms with Crippen molar-refractivity contribution in [1.29, 1.82) is 0 Å². The quantitative estimate of drug-likeness (QED) is 0.759. The van der Waals surface area contributed by atoms with E-state index in [9.17, 15) is 9.59 Å². The Morgan fingerprint density at radius 2 is 1.69 bits per heavy atom. The first-order valence-electron chi connectivity index (χ1n) is 5.65. The molecule has 0 spiro atoms. The molecule has 1 atom stereocenters. The van der Waals surface area contributed by atoms with E-state index < -0.39 is 11.5 Å². The number of carbonyl (C=O) groups is 2. The molecule has 0 aliphatic heterocycles. The van der Waals surface area contributed by atoms with E-state index in [-0.39, 0.29) is 11.3 Å². The second-order valence-corrected chi connectivity index (χ2v) is 5.67. The molecule has 0 aliphatic rings. The van der Waals surface area contributed by atoms with E-state index in [2.05, 4.69) is 5.32 Å². The van der Waals surface area contributed by atoms with Gasteiger partial charge in [-0.25, -0.2) is 4.79 Å². The van der Waals surface area contributed by atoms with Gasteiger partial charge in [0.15, 0.2) is 0 Å². The zero-order valence-corrected chi connectivity index (χ0v) is 10.9. The fourth-order valence-corrected chi connectivity index (χ4v) is 1.56. The van der Waals surface area contributed by atoms with E-state index in [0.717, 1.165) is 6.42 Å². The number of hydrogen-bond donors (Lipinski definition) is 2. The average molecular weight is 229 g/mol. The van der Waals surface area contributed by atoms with Crippen molar-refractivity contribution in [2.45, 2.75) is 59.4 Å². The summed E-state index contributed by atoms with van der Waals surface area (Å²) in [6.07, 6.45) is 1.50. The molecule has 0 saturated heterocycles. The summed E-state index contributed by atoms with van der Waals surface area (Å²) in [4.78, 5) is 22.8. The molecule has 4 heteroatoms. The van der Waals surface area contributed by atoms with Gasteiger partial charge < -0.3 is 10.4 Å². The van der Waals surface area contributed by atoms with Gasteiger partial charge in [-0.1, -0.05) is 34.1 Å². The Bertz CT molecular complexity index is 268. The smallest absolute Gasteiger partial charge is 0.329 e. The second kappa shape index (κ2) is 5.32. The van der Waals surface area contributed by atoms with Crippen LogP contribution in [0.2, 0.25) is 0 Å². The van der Waals surface area contributed by atoms with Gasteiger partial charge in [0, 0.05) is 6.42 Å². The Morgan fingerprint density at radius 3 is 2.00 bits per heavy atom. The summed E-state index contributed by atoms with van der Waals surface area (Å²) in [5, 5.41) is 11.7. The molecule has 16 heavy (non-hydrogen) atoms. The molecule has 4 nitrogen and oxygen atoms in total. The van der Waals surface area contributed by atoms with Crippen molar-refractivity contribution >= 4 is 11.9 Å². The topological polar surface area (TPSA) is 66.4 Å². The van der Waals surface area contributed by atoms with Gasteiger partial charge in [0.25, 0.3) is 0 Å². The number of carboxylic acid groups (broad SMARTS) is 1. The van der Waals surface area contributed by atoms with Gasteiger partial charge in [0.1, 0.15) is 5.54 Å². The molecule has 0 aromatic heterocycles. The number of hydrogen-bond acceptors (Lipinski definition) is 2. The number of nitrogens with one attached hydrogen (secondary N) is 1. The molecule has 0 bridgehead atoms. The number of aliphatic carboxylic acids is 1.